The number of thiazole rings is 1. The van der Waals surface area contributed by atoms with Crippen molar-refractivity contribution in [3.8, 4) is 0 Å². The van der Waals surface area contributed by atoms with Gasteiger partial charge in [-0.2, -0.15) is 0 Å². The number of amides is 1. The van der Waals surface area contributed by atoms with Crippen molar-refractivity contribution in [2.75, 3.05) is 52.0 Å². The van der Waals surface area contributed by atoms with E-state index in [1.165, 1.54) is 11.3 Å². The molecule has 2 heterocycles. The Balaban J connectivity index is 1.38. The van der Waals surface area contributed by atoms with Crippen LogP contribution in [0.2, 0.25) is 0 Å². The van der Waals surface area contributed by atoms with Gasteiger partial charge in [-0.1, -0.05) is 11.3 Å². The quantitative estimate of drug-likeness (QED) is 0.777. The molecule has 1 aromatic heterocycles. The average Bonchev–Trinajstić information content (AvgIpc) is 2.95. The van der Waals surface area contributed by atoms with Gasteiger partial charge in [-0.3, -0.25) is 4.79 Å². The van der Waals surface area contributed by atoms with E-state index in [1.807, 2.05) is 12.1 Å². The summed E-state index contributed by atoms with van der Waals surface area (Å²) in [4.78, 5) is 21.3. The first kappa shape index (κ1) is 17.1. The van der Waals surface area contributed by atoms with Gasteiger partial charge >= 0.3 is 0 Å². The van der Waals surface area contributed by atoms with Gasteiger partial charge in [0, 0.05) is 38.3 Å². The molecule has 3 rings (SSSR count). The van der Waals surface area contributed by atoms with Gasteiger partial charge in [-0.25, -0.2) is 4.98 Å². The van der Waals surface area contributed by atoms with E-state index >= 15 is 0 Å². The largest absolute Gasteiger partial charge is 0.375 e. The second-order valence-corrected chi connectivity index (χ2v) is 7.40. The lowest BCUT2D eigenvalue weighted by molar-refractivity contribution is 0.0952. The number of rotatable bonds is 6. The number of carbonyl (C=O) groups excluding carboxylic acids is 1. The predicted molar refractivity (Wildman–Crippen MR) is 99.5 cm³/mol. The maximum atomic E-state index is 12.2. The van der Waals surface area contributed by atoms with Gasteiger partial charge in [0.15, 0.2) is 5.13 Å². The van der Waals surface area contributed by atoms with Crippen LogP contribution < -0.4 is 11.1 Å². The van der Waals surface area contributed by atoms with E-state index in [-0.39, 0.29) is 5.91 Å². The molecule has 24 heavy (non-hydrogen) atoms. The molecule has 0 atom stereocenters. The van der Waals surface area contributed by atoms with Crippen LogP contribution in [0.15, 0.2) is 18.2 Å². The smallest absolute Gasteiger partial charge is 0.251 e. The van der Waals surface area contributed by atoms with Crippen LogP contribution in [-0.4, -0.2) is 67.0 Å². The van der Waals surface area contributed by atoms with E-state index in [1.54, 1.807) is 6.07 Å². The lowest BCUT2D eigenvalue weighted by Gasteiger charge is -2.32. The van der Waals surface area contributed by atoms with Gasteiger partial charge in [0.25, 0.3) is 5.91 Å². The first-order valence-electron chi connectivity index (χ1n) is 8.47. The minimum atomic E-state index is -0.0246. The van der Waals surface area contributed by atoms with Crippen LogP contribution in [0.5, 0.6) is 0 Å². The van der Waals surface area contributed by atoms with Crippen molar-refractivity contribution in [1.29, 1.82) is 0 Å². The molecule has 0 spiro atoms. The number of fused-ring (bicyclic) bond motifs is 1. The van der Waals surface area contributed by atoms with E-state index in [4.69, 9.17) is 5.73 Å². The molecule has 0 unspecified atom stereocenters. The third-order valence-electron chi connectivity index (χ3n) is 4.45. The Kier molecular flexibility index (Phi) is 5.65. The Morgan fingerprint density at radius 3 is 2.88 bits per heavy atom. The van der Waals surface area contributed by atoms with Gasteiger partial charge in [-0.05, 0) is 44.6 Å². The highest BCUT2D eigenvalue weighted by molar-refractivity contribution is 7.22. The summed E-state index contributed by atoms with van der Waals surface area (Å²) in [6.07, 6.45) is 2.13. The summed E-state index contributed by atoms with van der Waals surface area (Å²) in [6.45, 7) is 6.45. The molecule has 1 fully saturated rings. The molecular weight excluding hydrogens is 322 g/mol. The van der Waals surface area contributed by atoms with Crippen LogP contribution in [0, 0.1) is 0 Å². The van der Waals surface area contributed by atoms with Crippen LogP contribution >= 0.6 is 11.3 Å². The monoisotopic (exact) mass is 347 g/mol. The molecule has 6 nitrogen and oxygen atoms in total. The summed E-state index contributed by atoms with van der Waals surface area (Å²) in [5, 5.41) is 3.54. The maximum Gasteiger partial charge on any atom is 0.251 e. The highest BCUT2D eigenvalue weighted by atomic mass is 32.1. The summed E-state index contributed by atoms with van der Waals surface area (Å²) in [6, 6.07) is 5.52. The van der Waals surface area contributed by atoms with Gasteiger partial charge < -0.3 is 20.9 Å². The first-order valence-corrected chi connectivity index (χ1v) is 9.28. The molecule has 3 N–H and O–H groups in total. The lowest BCUT2D eigenvalue weighted by atomic mass is 10.2. The molecule has 0 saturated carbocycles. The zero-order valence-electron chi connectivity index (χ0n) is 14.1. The van der Waals surface area contributed by atoms with Crippen molar-refractivity contribution < 1.29 is 4.79 Å². The van der Waals surface area contributed by atoms with E-state index in [2.05, 4.69) is 27.1 Å². The number of anilines is 1. The van der Waals surface area contributed by atoms with Crippen LogP contribution in [-0.2, 0) is 0 Å². The molecule has 2 aromatic rings. The molecule has 0 bridgehead atoms. The number of nitrogens with zero attached hydrogens (tertiary/aromatic N) is 3. The fourth-order valence-corrected chi connectivity index (χ4v) is 3.69. The lowest BCUT2D eigenvalue weighted by Crippen LogP contribution is -2.44. The number of benzene rings is 1. The molecule has 1 amide bonds. The van der Waals surface area contributed by atoms with Gasteiger partial charge in [0.1, 0.15) is 0 Å². The Morgan fingerprint density at radius 1 is 1.29 bits per heavy atom. The van der Waals surface area contributed by atoms with Crippen LogP contribution in [0.25, 0.3) is 10.2 Å². The number of aromatic nitrogens is 1. The fraction of sp³-hybridized carbons (Fsp3) is 0.529. The van der Waals surface area contributed by atoms with Crippen molar-refractivity contribution in [1.82, 2.24) is 20.1 Å². The highest BCUT2D eigenvalue weighted by Crippen LogP contribution is 2.24. The Hall–Kier alpha value is -1.70. The minimum absolute atomic E-state index is 0.0246. The Morgan fingerprint density at radius 2 is 2.08 bits per heavy atom. The third-order valence-corrected chi connectivity index (χ3v) is 5.30. The molecule has 0 radical (unpaired) electrons. The molecular formula is C17H25N5OS. The predicted octanol–water partition coefficient (Wildman–Crippen LogP) is 1.64. The molecule has 1 aliphatic rings. The normalized spacial score (nSPS) is 16.5. The number of unbranched alkanes of at least 4 members (excludes halogenated alkanes) is 1. The standard InChI is InChI=1S/C17H25N5OS/c1-21-8-10-22(11-9-21)7-3-2-6-19-16(23)13-4-5-14-15(12-13)24-17(18)20-14/h4-5,12H,2-3,6-11H2,1H3,(H2,18,20)(H,19,23). The number of nitrogen functional groups attached to an aromatic ring is 1. The second kappa shape index (κ2) is 7.92. The fourth-order valence-electron chi connectivity index (χ4n) is 2.92. The summed E-state index contributed by atoms with van der Waals surface area (Å²) in [7, 11) is 2.17. The maximum absolute atomic E-state index is 12.2. The number of likely N-dealkylation sites (N-methyl/N-ethyl adjacent to an activating group) is 1. The minimum Gasteiger partial charge on any atom is -0.375 e. The first-order chi connectivity index (χ1) is 11.6. The molecule has 1 aliphatic heterocycles. The molecule has 7 heteroatoms. The van der Waals surface area contributed by atoms with Crippen LogP contribution in [0.3, 0.4) is 0 Å². The van der Waals surface area contributed by atoms with E-state index in [0.29, 0.717) is 10.7 Å². The van der Waals surface area contributed by atoms with Crippen molar-refractivity contribution in [3.63, 3.8) is 0 Å². The number of hydrogen-bond acceptors (Lipinski definition) is 6. The number of nitrogens with two attached hydrogens (primary N) is 1. The van der Waals surface area contributed by atoms with Crippen molar-refractivity contribution in [2.24, 2.45) is 0 Å². The van der Waals surface area contributed by atoms with Gasteiger partial charge in [0.2, 0.25) is 0 Å². The van der Waals surface area contributed by atoms with Crippen molar-refractivity contribution >= 4 is 32.6 Å². The zero-order valence-corrected chi connectivity index (χ0v) is 14.9. The number of carbonyl (C=O) groups is 1. The summed E-state index contributed by atoms with van der Waals surface area (Å²) < 4.78 is 0.954. The highest BCUT2D eigenvalue weighted by Gasteiger charge is 2.13. The third kappa shape index (κ3) is 4.43. The van der Waals surface area contributed by atoms with Crippen molar-refractivity contribution in [3.05, 3.63) is 23.8 Å². The molecule has 1 saturated heterocycles. The van der Waals surface area contributed by atoms with E-state index < -0.39 is 0 Å². The van der Waals surface area contributed by atoms with E-state index in [9.17, 15) is 4.79 Å². The van der Waals surface area contributed by atoms with Crippen molar-refractivity contribution in [2.45, 2.75) is 12.8 Å². The van der Waals surface area contributed by atoms with Crippen LogP contribution in [0.1, 0.15) is 23.2 Å². The summed E-state index contributed by atoms with van der Waals surface area (Å²) >= 11 is 1.41. The van der Waals surface area contributed by atoms with Gasteiger partial charge in [0.05, 0.1) is 10.2 Å². The number of piperazine rings is 1. The molecule has 1 aromatic carbocycles. The zero-order chi connectivity index (χ0) is 16.9. The Labute approximate surface area is 146 Å². The van der Waals surface area contributed by atoms with Crippen LogP contribution in [0.4, 0.5) is 5.13 Å². The molecule has 130 valence electrons. The molecule has 0 aliphatic carbocycles. The number of hydrogen-bond donors (Lipinski definition) is 2. The second-order valence-electron chi connectivity index (χ2n) is 6.34. The van der Waals surface area contributed by atoms with E-state index in [0.717, 1.165) is 62.3 Å². The van der Waals surface area contributed by atoms with Gasteiger partial charge in [-0.15, -0.1) is 0 Å². The Bertz CT molecular complexity index is 693. The number of nitrogens with one attached hydrogen (secondary N) is 1. The summed E-state index contributed by atoms with van der Waals surface area (Å²) in [5.41, 5.74) is 7.22. The average molecular weight is 347 g/mol. The summed E-state index contributed by atoms with van der Waals surface area (Å²) in [5.74, 6) is -0.0246. The topological polar surface area (TPSA) is 74.5 Å². The SMILES string of the molecule is CN1CCN(CCCCNC(=O)c2ccc3nc(N)sc3c2)CC1.